The van der Waals surface area contributed by atoms with Crippen LogP contribution in [-0.4, -0.2) is 19.3 Å². The summed E-state index contributed by atoms with van der Waals surface area (Å²) in [5.74, 6) is 0. The van der Waals surface area contributed by atoms with Gasteiger partial charge in [0.2, 0.25) is 0 Å². The van der Waals surface area contributed by atoms with Crippen LogP contribution in [0, 0.1) is 13.8 Å². The summed E-state index contributed by atoms with van der Waals surface area (Å²) in [7, 11) is 0. The molecule has 1 N–H and O–H groups in total. The fraction of sp³-hybridized carbons (Fsp3) is 0.538. The molecule has 1 rings (SSSR count). The van der Waals surface area contributed by atoms with Crippen molar-refractivity contribution < 1.29 is 4.74 Å². The van der Waals surface area contributed by atoms with E-state index in [-0.39, 0.29) is 0 Å². The molecule has 0 aliphatic heterocycles. The Morgan fingerprint density at radius 3 is 2.53 bits per heavy atom. The van der Waals surface area contributed by atoms with Crippen LogP contribution >= 0.6 is 0 Å². The highest BCUT2D eigenvalue weighted by Gasteiger charge is 1.96. The molecule has 1 aromatic carbocycles. The largest absolute Gasteiger partial charge is 0.383 e. The van der Waals surface area contributed by atoms with Gasteiger partial charge in [0.25, 0.3) is 0 Å². The van der Waals surface area contributed by atoms with Gasteiger partial charge in [0.1, 0.15) is 0 Å². The summed E-state index contributed by atoms with van der Waals surface area (Å²) in [6.07, 6.45) is 0.312. The Bertz CT molecular complexity index is 307. The second-order valence-electron chi connectivity index (χ2n) is 4.15. The van der Waals surface area contributed by atoms with Crippen molar-refractivity contribution >= 4 is 5.69 Å². The van der Waals surface area contributed by atoms with Crippen molar-refractivity contribution in [3.8, 4) is 0 Å². The number of ether oxygens (including phenoxy) is 1. The van der Waals surface area contributed by atoms with Gasteiger partial charge in [-0.25, -0.2) is 0 Å². The van der Waals surface area contributed by atoms with Crippen molar-refractivity contribution in [1.82, 2.24) is 0 Å². The number of hydrogen-bond donors (Lipinski definition) is 1. The first-order valence-electron chi connectivity index (χ1n) is 5.52. The Balaban J connectivity index is 2.35. The van der Waals surface area contributed by atoms with Gasteiger partial charge >= 0.3 is 0 Å². The predicted molar refractivity (Wildman–Crippen MR) is 65.5 cm³/mol. The van der Waals surface area contributed by atoms with Crippen LogP contribution in [0.2, 0.25) is 0 Å². The summed E-state index contributed by atoms with van der Waals surface area (Å²) in [4.78, 5) is 0. The van der Waals surface area contributed by atoms with Crippen LogP contribution in [0.3, 0.4) is 0 Å². The molecule has 0 saturated heterocycles. The highest BCUT2D eigenvalue weighted by Crippen LogP contribution is 2.13. The number of hydrogen-bond acceptors (Lipinski definition) is 2. The summed E-state index contributed by atoms with van der Waals surface area (Å²) in [6.45, 7) is 9.98. The van der Waals surface area contributed by atoms with Crippen molar-refractivity contribution in [3.63, 3.8) is 0 Å². The third-order valence-corrected chi connectivity index (χ3v) is 2.39. The van der Waals surface area contributed by atoms with Gasteiger partial charge in [0, 0.05) is 12.2 Å². The summed E-state index contributed by atoms with van der Waals surface area (Å²) < 4.78 is 5.46. The Morgan fingerprint density at radius 1 is 1.20 bits per heavy atom. The zero-order valence-corrected chi connectivity index (χ0v) is 10.1. The number of nitrogens with one attached hydrogen (secondary N) is 1. The van der Waals surface area contributed by atoms with Crippen LogP contribution in [0.1, 0.15) is 25.0 Å². The summed E-state index contributed by atoms with van der Waals surface area (Å²) in [5, 5.41) is 3.34. The van der Waals surface area contributed by atoms with Crippen molar-refractivity contribution in [2.45, 2.75) is 33.8 Å². The third-order valence-electron chi connectivity index (χ3n) is 2.39. The summed E-state index contributed by atoms with van der Waals surface area (Å²) in [6, 6.07) is 6.42. The van der Waals surface area contributed by atoms with Crippen LogP contribution in [0.5, 0.6) is 0 Å². The first kappa shape index (κ1) is 12.1. The van der Waals surface area contributed by atoms with Crippen molar-refractivity contribution in [1.29, 1.82) is 0 Å². The van der Waals surface area contributed by atoms with E-state index in [1.54, 1.807) is 0 Å². The lowest BCUT2D eigenvalue weighted by atomic mass is 10.1. The first-order chi connectivity index (χ1) is 7.09. The van der Waals surface area contributed by atoms with Gasteiger partial charge in [-0.1, -0.05) is 6.07 Å². The third kappa shape index (κ3) is 4.34. The van der Waals surface area contributed by atoms with Gasteiger partial charge in [0.15, 0.2) is 0 Å². The van der Waals surface area contributed by atoms with Gasteiger partial charge < -0.3 is 10.1 Å². The van der Waals surface area contributed by atoms with Crippen LogP contribution in [0.25, 0.3) is 0 Å². The van der Waals surface area contributed by atoms with E-state index >= 15 is 0 Å². The molecule has 0 spiro atoms. The maximum absolute atomic E-state index is 5.46. The second-order valence-corrected chi connectivity index (χ2v) is 4.15. The molecular formula is C13H21NO. The van der Waals surface area contributed by atoms with Gasteiger partial charge in [0.05, 0.1) is 12.7 Å². The van der Waals surface area contributed by atoms with Gasteiger partial charge in [-0.15, -0.1) is 0 Å². The maximum Gasteiger partial charge on any atom is 0.0642 e. The van der Waals surface area contributed by atoms with E-state index < -0.39 is 0 Å². The molecule has 0 aliphatic rings. The smallest absolute Gasteiger partial charge is 0.0642 e. The minimum Gasteiger partial charge on any atom is -0.383 e. The fourth-order valence-corrected chi connectivity index (χ4v) is 1.34. The zero-order chi connectivity index (χ0) is 11.3. The molecule has 0 saturated carbocycles. The highest BCUT2D eigenvalue weighted by molar-refractivity contribution is 5.47. The lowest BCUT2D eigenvalue weighted by Crippen LogP contribution is -2.13. The Kier molecular flexibility index (Phi) is 4.63. The standard InChI is InChI=1S/C13H21NO/c1-10(2)15-8-7-14-13-6-5-11(3)12(4)9-13/h5-6,9-10,14H,7-8H2,1-4H3. The number of rotatable bonds is 5. The SMILES string of the molecule is Cc1ccc(NCCOC(C)C)cc1C. The molecule has 0 atom stereocenters. The van der Waals surface area contributed by atoms with Gasteiger partial charge in [-0.3, -0.25) is 0 Å². The zero-order valence-electron chi connectivity index (χ0n) is 10.1. The van der Waals surface area contributed by atoms with E-state index in [1.807, 2.05) is 0 Å². The monoisotopic (exact) mass is 207 g/mol. The molecule has 2 nitrogen and oxygen atoms in total. The Hall–Kier alpha value is -1.02. The lowest BCUT2D eigenvalue weighted by molar-refractivity contribution is 0.0870. The molecule has 0 radical (unpaired) electrons. The Morgan fingerprint density at radius 2 is 1.93 bits per heavy atom. The highest BCUT2D eigenvalue weighted by atomic mass is 16.5. The van der Waals surface area contributed by atoms with Gasteiger partial charge in [-0.05, 0) is 51.0 Å². The predicted octanol–water partition coefficient (Wildman–Crippen LogP) is 3.14. The second kappa shape index (κ2) is 5.76. The van der Waals surface area contributed by atoms with Crippen LogP contribution in [-0.2, 0) is 4.74 Å². The lowest BCUT2D eigenvalue weighted by Gasteiger charge is -2.10. The van der Waals surface area contributed by atoms with Gasteiger partial charge in [-0.2, -0.15) is 0 Å². The molecule has 84 valence electrons. The number of anilines is 1. The van der Waals surface area contributed by atoms with Crippen molar-refractivity contribution in [2.24, 2.45) is 0 Å². The van der Waals surface area contributed by atoms with Crippen LogP contribution in [0.4, 0.5) is 5.69 Å². The molecule has 15 heavy (non-hydrogen) atoms. The number of aryl methyl sites for hydroxylation is 2. The topological polar surface area (TPSA) is 21.3 Å². The number of benzene rings is 1. The van der Waals surface area contributed by atoms with E-state index in [1.165, 1.54) is 16.8 Å². The fourth-order valence-electron chi connectivity index (χ4n) is 1.34. The molecule has 0 amide bonds. The molecule has 0 bridgehead atoms. The van der Waals surface area contributed by atoms with E-state index in [9.17, 15) is 0 Å². The van der Waals surface area contributed by atoms with Crippen molar-refractivity contribution in [2.75, 3.05) is 18.5 Å². The molecule has 0 heterocycles. The summed E-state index contributed by atoms with van der Waals surface area (Å²) in [5.41, 5.74) is 3.83. The van der Waals surface area contributed by atoms with E-state index in [2.05, 4.69) is 51.2 Å². The summed E-state index contributed by atoms with van der Waals surface area (Å²) >= 11 is 0. The molecule has 2 heteroatoms. The first-order valence-corrected chi connectivity index (χ1v) is 5.52. The maximum atomic E-state index is 5.46. The molecular weight excluding hydrogens is 186 g/mol. The molecule has 0 aromatic heterocycles. The van der Waals surface area contributed by atoms with E-state index in [0.717, 1.165) is 13.2 Å². The normalized spacial score (nSPS) is 10.7. The average molecular weight is 207 g/mol. The average Bonchev–Trinajstić information content (AvgIpc) is 2.18. The minimum absolute atomic E-state index is 0.312. The molecule has 1 aromatic rings. The van der Waals surface area contributed by atoms with E-state index in [0.29, 0.717) is 6.10 Å². The van der Waals surface area contributed by atoms with Crippen LogP contribution in [0.15, 0.2) is 18.2 Å². The van der Waals surface area contributed by atoms with E-state index in [4.69, 9.17) is 4.74 Å². The minimum atomic E-state index is 0.312. The molecule has 0 fully saturated rings. The molecule has 0 unspecified atom stereocenters. The van der Waals surface area contributed by atoms with Crippen molar-refractivity contribution in [3.05, 3.63) is 29.3 Å². The Labute approximate surface area is 92.6 Å². The quantitative estimate of drug-likeness (QED) is 0.749. The molecule has 0 aliphatic carbocycles. The van der Waals surface area contributed by atoms with Crippen LogP contribution < -0.4 is 5.32 Å².